The van der Waals surface area contributed by atoms with Crippen molar-refractivity contribution in [1.29, 1.82) is 0 Å². The molecule has 1 rings (SSSR count). The molecule has 1 N–H and O–H groups in total. The average Bonchev–Trinajstić information content (AvgIpc) is 2.34. The lowest BCUT2D eigenvalue weighted by Crippen LogP contribution is -2.24. The monoisotopic (exact) mass is 286 g/mol. The van der Waals surface area contributed by atoms with Crippen LogP contribution in [0.1, 0.15) is 12.8 Å². The summed E-state index contributed by atoms with van der Waals surface area (Å²) < 4.78 is 39.0. The molecular formula is C11H11FN2O4S. The minimum atomic E-state index is -3.89. The van der Waals surface area contributed by atoms with Gasteiger partial charge < -0.3 is 0 Å². The van der Waals surface area contributed by atoms with E-state index >= 15 is 0 Å². The lowest BCUT2D eigenvalue weighted by Gasteiger charge is -2.05. The Kier molecular flexibility index (Phi) is 4.97. The summed E-state index contributed by atoms with van der Waals surface area (Å²) in [6.07, 6.45) is 5.88. The SMILES string of the molecule is C#CCCCNS(=O)(=O)c1ccc([N+](=O)[O-])c(F)c1. The number of benzene rings is 1. The minimum Gasteiger partial charge on any atom is -0.258 e. The van der Waals surface area contributed by atoms with Crippen LogP contribution in [0, 0.1) is 28.3 Å². The smallest absolute Gasteiger partial charge is 0.258 e. The molecule has 8 heteroatoms. The van der Waals surface area contributed by atoms with Crippen molar-refractivity contribution in [3.8, 4) is 12.3 Å². The molecule has 0 atom stereocenters. The van der Waals surface area contributed by atoms with Gasteiger partial charge in [-0.05, 0) is 12.5 Å². The molecule has 1 aromatic rings. The zero-order valence-electron chi connectivity index (χ0n) is 9.80. The summed E-state index contributed by atoms with van der Waals surface area (Å²) in [5.74, 6) is 1.16. The third kappa shape index (κ3) is 4.01. The Hall–Kier alpha value is -1.98. The normalized spacial score (nSPS) is 10.9. The van der Waals surface area contributed by atoms with E-state index < -0.39 is 26.5 Å². The van der Waals surface area contributed by atoms with Crippen molar-refractivity contribution < 1.29 is 17.7 Å². The van der Waals surface area contributed by atoms with Crippen LogP contribution in [0.5, 0.6) is 0 Å². The molecule has 0 bridgehead atoms. The van der Waals surface area contributed by atoms with Crippen LogP contribution in [0.4, 0.5) is 10.1 Å². The lowest BCUT2D eigenvalue weighted by molar-refractivity contribution is -0.387. The number of hydrogen-bond acceptors (Lipinski definition) is 4. The van der Waals surface area contributed by atoms with E-state index in [4.69, 9.17) is 6.42 Å². The van der Waals surface area contributed by atoms with Gasteiger partial charge in [0.1, 0.15) is 0 Å². The molecule has 19 heavy (non-hydrogen) atoms. The number of halogens is 1. The third-order valence-electron chi connectivity index (χ3n) is 2.22. The predicted molar refractivity (Wildman–Crippen MR) is 66.3 cm³/mol. The van der Waals surface area contributed by atoms with E-state index in [0.29, 0.717) is 18.9 Å². The van der Waals surface area contributed by atoms with E-state index in [9.17, 15) is 22.9 Å². The van der Waals surface area contributed by atoms with Crippen LogP contribution in [0.15, 0.2) is 23.1 Å². The third-order valence-corrected chi connectivity index (χ3v) is 3.67. The lowest BCUT2D eigenvalue weighted by atomic mass is 10.3. The van der Waals surface area contributed by atoms with E-state index in [1.807, 2.05) is 0 Å². The Morgan fingerprint density at radius 1 is 1.47 bits per heavy atom. The molecular weight excluding hydrogens is 275 g/mol. The van der Waals surface area contributed by atoms with Gasteiger partial charge in [0.2, 0.25) is 15.8 Å². The van der Waals surface area contributed by atoms with Gasteiger partial charge in [-0.25, -0.2) is 13.1 Å². The van der Waals surface area contributed by atoms with Crippen molar-refractivity contribution in [2.75, 3.05) is 6.54 Å². The van der Waals surface area contributed by atoms with Crippen LogP contribution in [0.2, 0.25) is 0 Å². The largest absolute Gasteiger partial charge is 0.304 e. The number of sulfonamides is 1. The van der Waals surface area contributed by atoms with Gasteiger partial charge in [-0.15, -0.1) is 12.3 Å². The molecule has 0 amide bonds. The van der Waals surface area contributed by atoms with Crippen molar-refractivity contribution in [2.45, 2.75) is 17.7 Å². The van der Waals surface area contributed by atoms with Gasteiger partial charge in [0.25, 0.3) is 0 Å². The molecule has 0 aliphatic rings. The quantitative estimate of drug-likeness (QED) is 0.371. The second-order valence-electron chi connectivity index (χ2n) is 3.58. The molecule has 0 aliphatic carbocycles. The fourth-order valence-electron chi connectivity index (χ4n) is 1.28. The molecule has 0 unspecified atom stereocenters. The molecule has 0 fully saturated rings. The van der Waals surface area contributed by atoms with Crippen LogP contribution in [0.3, 0.4) is 0 Å². The first-order valence-corrected chi connectivity index (χ1v) is 6.74. The number of nitrogens with zero attached hydrogens (tertiary/aromatic N) is 1. The topological polar surface area (TPSA) is 89.3 Å². The molecule has 0 saturated carbocycles. The molecule has 0 aromatic heterocycles. The Morgan fingerprint density at radius 2 is 2.16 bits per heavy atom. The van der Waals surface area contributed by atoms with E-state index in [1.165, 1.54) is 0 Å². The van der Waals surface area contributed by atoms with Crippen molar-refractivity contribution in [3.63, 3.8) is 0 Å². The molecule has 102 valence electrons. The average molecular weight is 286 g/mol. The van der Waals surface area contributed by atoms with Crippen molar-refractivity contribution in [3.05, 3.63) is 34.1 Å². The fraction of sp³-hybridized carbons (Fsp3) is 0.273. The van der Waals surface area contributed by atoms with Gasteiger partial charge in [-0.1, -0.05) is 0 Å². The highest BCUT2D eigenvalue weighted by atomic mass is 32.2. The molecule has 0 spiro atoms. The Bertz CT molecular complexity index is 622. The first-order chi connectivity index (χ1) is 8.88. The molecule has 0 radical (unpaired) electrons. The summed E-state index contributed by atoms with van der Waals surface area (Å²) in [7, 11) is -3.89. The number of rotatable bonds is 6. The number of nitrogens with one attached hydrogen (secondary N) is 1. The second-order valence-corrected chi connectivity index (χ2v) is 5.34. The number of terminal acetylenes is 1. The highest BCUT2D eigenvalue weighted by molar-refractivity contribution is 7.89. The fourth-order valence-corrected chi connectivity index (χ4v) is 2.37. The van der Waals surface area contributed by atoms with Crippen LogP contribution in [0.25, 0.3) is 0 Å². The minimum absolute atomic E-state index is 0.116. The van der Waals surface area contributed by atoms with Crippen LogP contribution >= 0.6 is 0 Å². The zero-order chi connectivity index (χ0) is 14.5. The second kappa shape index (κ2) is 6.26. The summed E-state index contributed by atoms with van der Waals surface area (Å²) in [5.41, 5.74) is -0.772. The predicted octanol–water partition coefficient (Wildman–Crippen LogP) is 1.43. The molecule has 0 heterocycles. The Labute approximate surface area is 109 Å². The Balaban J connectivity index is 2.88. The Morgan fingerprint density at radius 3 is 2.68 bits per heavy atom. The van der Waals surface area contributed by atoms with Gasteiger partial charge >= 0.3 is 5.69 Å². The maximum Gasteiger partial charge on any atom is 0.304 e. The number of hydrogen-bond donors (Lipinski definition) is 1. The van der Waals surface area contributed by atoms with Gasteiger partial charge in [0.15, 0.2) is 0 Å². The zero-order valence-corrected chi connectivity index (χ0v) is 10.6. The molecule has 0 saturated heterocycles. The van der Waals surface area contributed by atoms with Crippen molar-refractivity contribution >= 4 is 15.7 Å². The standard InChI is InChI=1S/C11H11FN2O4S/c1-2-3-4-7-13-19(17,18)9-5-6-11(14(15)16)10(12)8-9/h1,5-6,8,13H,3-4,7H2. The summed E-state index contributed by atoms with van der Waals surface area (Å²) in [6.45, 7) is 0.116. The van der Waals surface area contributed by atoms with Crippen LogP contribution in [-0.2, 0) is 10.0 Å². The van der Waals surface area contributed by atoms with Crippen LogP contribution in [-0.4, -0.2) is 19.9 Å². The maximum absolute atomic E-state index is 13.3. The number of unbranched alkanes of at least 4 members (excludes halogenated alkanes) is 1. The molecule has 6 nitrogen and oxygen atoms in total. The van der Waals surface area contributed by atoms with E-state index in [1.54, 1.807) is 0 Å². The van der Waals surface area contributed by atoms with Gasteiger partial charge in [-0.3, -0.25) is 10.1 Å². The van der Waals surface area contributed by atoms with E-state index in [2.05, 4.69) is 10.6 Å². The number of nitro benzene ring substituents is 1. The summed E-state index contributed by atoms with van der Waals surface area (Å²) in [5, 5.41) is 10.4. The molecule has 0 aliphatic heterocycles. The molecule has 1 aromatic carbocycles. The van der Waals surface area contributed by atoms with Gasteiger partial charge in [0, 0.05) is 25.1 Å². The summed E-state index contributed by atoms with van der Waals surface area (Å²) in [4.78, 5) is 9.12. The van der Waals surface area contributed by atoms with Gasteiger partial charge in [-0.2, -0.15) is 4.39 Å². The highest BCUT2D eigenvalue weighted by Gasteiger charge is 2.20. The maximum atomic E-state index is 13.3. The summed E-state index contributed by atoms with van der Waals surface area (Å²) >= 11 is 0. The first kappa shape index (κ1) is 15.1. The van der Waals surface area contributed by atoms with Gasteiger partial charge in [0.05, 0.1) is 9.82 Å². The summed E-state index contributed by atoms with van der Waals surface area (Å²) in [6, 6.07) is 2.40. The van der Waals surface area contributed by atoms with E-state index in [0.717, 1.165) is 12.1 Å². The highest BCUT2D eigenvalue weighted by Crippen LogP contribution is 2.20. The van der Waals surface area contributed by atoms with Crippen molar-refractivity contribution in [1.82, 2.24) is 4.72 Å². The van der Waals surface area contributed by atoms with Crippen molar-refractivity contribution in [2.24, 2.45) is 0 Å². The van der Waals surface area contributed by atoms with Crippen LogP contribution < -0.4 is 4.72 Å². The first-order valence-electron chi connectivity index (χ1n) is 5.25. The number of nitro groups is 1. The van der Waals surface area contributed by atoms with E-state index in [-0.39, 0.29) is 11.4 Å².